The fraction of sp³-hybridized carbons (Fsp3) is 0.786. The van der Waals surface area contributed by atoms with Crippen LogP contribution in [0.25, 0.3) is 0 Å². The van der Waals surface area contributed by atoms with Gasteiger partial charge < -0.3 is 14.2 Å². The van der Waals surface area contributed by atoms with Gasteiger partial charge in [0.15, 0.2) is 0 Å². The summed E-state index contributed by atoms with van der Waals surface area (Å²) in [7, 11) is 0. The molecule has 0 N–H and O–H groups in total. The summed E-state index contributed by atoms with van der Waals surface area (Å²) in [5.74, 6) is -0.812. The highest BCUT2D eigenvalue weighted by molar-refractivity contribution is 5.15. The monoisotopic (exact) mass is 452 g/mol. The molecule has 1 rings (SSSR count). The van der Waals surface area contributed by atoms with Crippen molar-refractivity contribution in [3.05, 3.63) is 35.6 Å². The van der Waals surface area contributed by atoms with Gasteiger partial charge in [0.2, 0.25) is 0 Å². The topological polar surface area (TPSA) is 27.7 Å². The van der Waals surface area contributed by atoms with Gasteiger partial charge in [-0.1, -0.05) is 76.8 Å². The maximum absolute atomic E-state index is 13.0. The molecule has 0 aliphatic rings. The van der Waals surface area contributed by atoms with E-state index >= 15 is 0 Å². The Kier molecular flexibility index (Phi) is 16.8. The normalized spacial score (nSPS) is 12.9. The van der Waals surface area contributed by atoms with Crippen molar-refractivity contribution < 1.29 is 18.6 Å². The summed E-state index contributed by atoms with van der Waals surface area (Å²) in [5.41, 5.74) is 1.22. The van der Waals surface area contributed by atoms with Crippen molar-refractivity contribution in [1.29, 1.82) is 0 Å². The van der Waals surface area contributed by atoms with Crippen LogP contribution in [0.2, 0.25) is 0 Å². The molecule has 186 valence electrons. The molecular weight excluding hydrogens is 403 g/mol. The molecule has 1 atom stereocenters. The summed E-state index contributed by atoms with van der Waals surface area (Å²) in [6.45, 7) is 10.1. The molecule has 0 aliphatic carbocycles. The molecule has 0 aromatic heterocycles. The average Bonchev–Trinajstić information content (AvgIpc) is 2.78. The van der Waals surface area contributed by atoms with E-state index in [-0.39, 0.29) is 11.7 Å². The van der Waals surface area contributed by atoms with E-state index in [1.54, 1.807) is 12.1 Å². The largest absolute Gasteiger partial charge is 0.328 e. The van der Waals surface area contributed by atoms with Crippen molar-refractivity contribution in [2.24, 2.45) is 5.92 Å². The van der Waals surface area contributed by atoms with Crippen molar-refractivity contribution in [2.45, 2.75) is 117 Å². The number of ether oxygens (including phenoxy) is 3. The predicted molar refractivity (Wildman–Crippen MR) is 132 cm³/mol. The summed E-state index contributed by atoms with van der Waals surface area (Å²) >= 11 is 0. The van der Waals surface area contributed by atoms with Crippen LogP contribution >= 0.6 is 0 Å². The van der Waals surface area contributed by atoms with Crippen molar-refractivity contribution in [1.82, 2.24) is 0 Å². The molecule has 3 nitrogen and oxygen atoms in total. The molecule has 0 fully saturated rings. The van der Waals surface area contributed by atoms with Crippen LogP contribution in [0.3, 0.4) is 0 Å². The van der Waals surface area contributed by atoms with Gasteiger partial charge in [-0.15, -0.1) is 0 Å². The Morgan fingerprint density at radius 3 is 1.62 bits per heavy atom. The minimum Gasteiger partial charge on any atom is -0.328 e. The van der Waals surface area contributed by atoms with E-state index in [1.165, 1.54) is 56.9 Å². The Bertz CT molecular complexity index is 529. The lowest BCUT2D eigenvalue weighted by atomic mass is 9.91. The first-order valence-corrected chi connectivity index (χ1v) is 13.3. The van der Waals surface area contributed by atoms with E-state index in [4.69, 9.17) is 14.2 Å². The van der Waals surface area contributed by atoms with Crippen LogP contribution in [0.1, 0.15) is 110 Å². The van der Waals surface area contributed by atoms with Crippen LogP contribution in [-0.4, -0.2) is 25.8 Å². The quantitative estimate of drug-likeness (QED) is 0.138. The molecule has 0 radical (unpaired) electrons. The summed E-state index contributed by atoms with van der Waals surface area (Å²) in [4.78, 5) is 0. The van der Waals surface area contributed by atoms with E-state index in [9.17, 15) is 4.39 Å². The first-order valence-electron chi connectivity index (χ1n) is 13.3. The Balaban J connectivity index is 2.54. The Morgan fingerprint density at radius 1 is 0.656 bits per heavy atom. The molecule has 0 saturated heterocycles. The molecule has 1 unspecified atom stereocenters. The lowest BCUT2D eigenvalue weighted by Gasteiger charge is -2.39. The minimum absolute atomic E-state index is 0.161. The highest BCUT2D eigenvalue weighted by Gasteiger charge is 2.41. The summed E-state index contributed by atoms with van der Waals surface area (Å²) < 4.78 is 31.5. The van der Waals surface area contributed by atoms with E-state index in [0.29, 0.717) is 19.8 Å². The van der Waals surface area contributed by atoms with E-state index < -0.39 is 5.97 Å². The molecule has 0 bridgehead atoms. The molecule has 0 saturated carbocycles. The van der Waals surface area contributed by atoms with Gasteiger partial charge in [0.1, 0.15) is 5.82 Å². The summed E-state index contributed by atoms with van der Waals surface area (Å²) in [6.07, 6.45) is 15.6. The van der Waals surface area contributed by atoms with Crippen LogP contribution < -0.4 is 0 Å². The number of hydrogen-bond acceptors (Lipinski definition) is 3. The maximum atomic E-state index is 13.0. The molecule has 0 aliphatic heterocycles. The summed E-state index contributed by atoms with van der Waals surface area (Å²) in [5, 5.41) is 0. The maximum Gasteiger partial charge on any atom is 0.285 e. The SMILES string of the molecule is CCCCCCCCC(CCCCCCc1ccc(F)cc1)C(OCC)(OCC)OCC. The predicted octanol–water partition coefficient (Wildman–Crippen LogP) is 8.45. The molecule has 1 aromatic carbocycles. The second-order valence-corrected chi connectivity index (χ2v) is 8.74. The highest BCUT2D eigenvalue weighted by Crippen LogP contribution is 2.34. The molecule has 0 spiro atoms. The number of hydrogen-bond donors (Lipinski definition) is 0. The van der Waals surface area contributed by atoms with E-state index in [1.807, 2.05) is 32.9 Å². The molecular formula is C28H49FO3. The van der Waals surface area contributed by atoms with Crippen LogP contribution in [0, 0.1) is 11.7 Å². The van der Waals surface area contributed by atoms with Crippen LogP contribution in [0.15, 0.2) is 24.3 Å². The third-order valence-electron chi connectivity index (χ3n) is 6.12. The lowest BCUT2D eigenvalue weighted by molar-refractivity contribution is -0.403. The number of aryl methyl sites for hydroxylation is 1. The van der Waals surface area contributed by atoms with Gasteiger partial charge in [0, 0.05) is 25.7 Å². The van der Waals surface area contributed by atoms with Crippen LogP contribution in [-0.2, 0) is 20.6 Å². The standard InChI is InChI=1S/C28H49FO3/c1-5-9-10-11-12-16-19-26(28(30-6-2,31-7-3)32-8-4)20-17-14-13-15-18-25-21-23-27(29)24-22-25/h21-24,26H,5-20H2,1-4H3. The van der Waals surface area contributed by atoms with E-state index in [2.05, 4.69) is 6.92 Å². The smallest absolute Gasteiger partial charge is 0.285 e. The molecule has 32 heavy (non-hydrogen) atoms. The van der Waals surface area contributed by atoms with Gasteiger partial charge in [-0.2, -0.15) is 0 Å². The number of halogens is 1. The number of benzene rings is 1. The van der Waals surface area contributed by atoms with Crippen molar-refractivity contribution >= 4 is 0 Å². The van der Waals surface area contributed by atoms with Crippen LogP contribution in [0.4, 0.5) is 4.39 Å². The van der Waals surface area contributed by atoms with Gasteiger partial charge in [-0.3, -0.25) is 0 Å². The Hall–Kier alpha value is -0.970. The zero-order chi connectivity index (χ0) is 23.5. The van der Waals surface area contributed by atoms with Gasteiger partial charge >= 0.3 is 0 Å². The first kappa shape index (κ1) is 29.1. The fourth-order valence-corrected chi connectivity index (χ4v) is 4.48. The van der Waals surface area contributed by atoms with Crippen molar-refractivity contribution in [3.8, 4) is 0 Å². The number of rotatable bonds is 21. The molecule has 0 heterocycles. The highest BCUT2D eigenvalue weighted by atomic mass is 19.1. The van der Waals surface area contributed by atoms with Crippen molar-refractivity contribution in [3.63, 3.8) is 0 Å². The molecule has 4 heteroatoms. The average molecular weight is 453 g/mol. The number of unbranched alkanes of at least 4 members (excludes halogenated alkanes) is 8. The third-order valence-corrected chi connectivity index (χ3v) is 6.12. The molecule has 1 aromatic rings. The van der Waals surface area contributed by atoms with Gasteiger partial charge in [0.05, 0.1) is 0 Å². The van der Waals surface area contributed by atoms with Gasteiger partial charge in [-0.05, 0) is 64.2 Å². The molecule has 0 amide bonds. The second kappa shape index (κ2) is 18.5. The minimum atomic E-state index is -0.907. The van der Waals surface area contributed by atoms with Gasteiger partial charge in [-0.25, -0.2) is 4.39 Å². The zero-order valence-corrected chi connectivity index (χ0v) is 21.3. The van der Waals surface area contributed by atoms with E-state index in [0.717, 1.165) is 32.1 Å². The lowest BCUT2D eigenvalue weighted by Crippen LogP contribution is -2.46. The Labute approximate surface area is 197 Å². The summed E-state index contributed by atoms with van der Waals surface area (Å²) in [6, 6.07) is 6.90. The second-order valence-electron chi connectivity index (χ2n) is 8.74. The van der Waals surface area contributed by atoms with Crippen molar-refractivity contribution in [2.75, 3.05) is 19.8 Å². The Morgan fingerprint density at radius 2 is 1.12 bits per heavy atom. The van der Waals surface area contributed by atoms with Crippen LogP contribution in [0.5, 0.6) is 0 Å². The fourth-order valence-electron chi connectivity index (χ4n) is 4.48. The third kappa shape index (κ3) is 11.8. The zero-order valence-electron chi connectivity index (χ0n) is 21.3. The first-order chi connectivity index (χ1) is 15.6. The van der Waals surface area contributed by atoms with Gasteiger partial charge in [0.25, 0.3) is 5.97 Å².